The van der Waals surface area contributed by atoms with E-state index < -0.39 is 42.8 Å². The van der Waals surface area contributed by atoms with Crippen LogP contribution in [0.1, 0.15) is 56.5 Å². The predicted octanol–water partition coefficient (Wildman–Crippen LogP) is 9.09. The maximum atomic E-state index is 12.7. The molecule has 5 aromatic carbocycles. The van der Waals surface area contributed by atoms with Crippen LogP contribution >= 0.6 is 0 Å². The van der Waals surface area contributed by atoms with Crippen LogP contribution in [0.2, 0.25) is 0 Å². The van der Waals surface area contributed by atoms with E-state index in [0.29, 0.717) is 65.6 Å². The number of hydrogen-bond donors (Lipinski definition) is 5. The minimum atomic E-state index is -4.93. The number of fused-ring (bicyclic) bond motifs is 1. The summed E-state index contributed by atoms with van der Waals surface area (Å²) in [5.41, 5.74) is 2.23. The molecule has 318 valence electrons. The number of nitrogens with one attached hydrogen (secondary N) is 1. The Kier molecular flexibility index (Phi) is 14.1. The molecule has 1 saturated heterocycles. The summed E-state index contributed by atoms with van der Waals surface area (Å²) in [5.74, 6) is -0.539. The first-order valence-corrected chi connectivity index (χ1v) is 22.3. The van der Waals surface area contributed by atoms with E-state index in [1.807, 2.05) is 13.0 Å². The van der Waals surface area contributed by atoms with E-state index in [9.17, 15) is 36.2 Å². The first-order valence-electron chi connectivity index (χ1n) is 19.4. The molecule has 16 nitrogen and oxygen atoms in total. The molecule has 0 aromatic heterocycles. The number of quaternary nitrogens is 1. The molecule has 5 N–H and O–H groups in total. The van der Waals surface area contributed by atoms with Crippen LogP contribution in [0.3, 0.4) is 0 Å². The molecule has 4 atom stereocenters. The predicted molar refractivity (Wildman–Crippen MR) is 226 cm³/mol. The van der Waals surface area contributed by atoms with Gasteiger partial charge in [-0.25, -0.2) is 0 Å². The van der Waals surface area contributed by atoms with Crippen molar-refractivity contribution in [3.05, 3.63) is 108 Å². The Labute approximate surface area is 349 Å². The van der Waals surface area contributed by atoms with Gasteiger partial charge in [0.2, 0.25) is 0 Å². The second-order valence-electron chi connectivity index (χ2n) is 14.9. The van der Waals surface area contributed by atoms with E-state index in [0.717, 1.165) is 19.3 Å². The quantitative estimate of drug-likeness (QED) is 0.0195. The molecule has 1 heterocycles. The van der Waals surface area contributed by atoms with Crippen molar-refractivity contribution in [2.75, 3.05) is 45.3 Å². The standard InChI is InChI=1S/C42H48N6O10S2/c1-4-5-9-21-58-28(2)26-48(3)20-22-57-27-38(48)36-25-33(15-19-37(36)46-44-31-12-16-34(17-13-31)59(51,52)53)45-47-40-39(60(54,55)56)24-30-23-32(14-18-35(30)41(40)49)43-42(50)29-10-7-6-8-11-29/h6-8,10-19,23-25,28,38,42,50H,4-5,9,20-22,26-27H2,1-3H3,(H3-,43,44,45,49,51,52,53,54,55,56)/p+1. The van der Waals surface area contributed by atoms with Crippen LogP contribution in [-0.4, -0.2) is 86.7 Å². The summed E-state index contributed by atoms with van der Waals surface area (Å²) < 4.78 is 81.0. The lowest BCUT2D eigenvalue weighted by atomic mass is 9.99. The van der Waals surface area contributed by atoms with Crippen LogP contribution in [-0.2, 0) is 29.7 Å². The first kappa shape index (κ1) is 44.4. The Bertz CT molecular complexity index is 2580. The zero-order chi connectivity index (χ0) is 43.1. The number of nitrogens with zero attached hydrogens (tertiary/aromatic N) is 5. The highest BCUT2D eigenvalue weighted by molar-refractivity contribution is 7.86. The Morgan fingerprint density at radius 3 is 2.28 bits per heavy atom. The van der Waals surface area contributed by atoms with E-state index in [1.165, 1.54) is 42.5 Å². The number of aliphatic hydroxyl groups excluding tert-OH is 1. The van der Waals surface area contributed by atoms with Gasteiger partial charge in [0.15, 0.2) is 12.0 Å². The summed E-state index contributed by atoms with van der Waals surface area (Å²) in [5, 5.41) is 42.9. The number of aliphatic hydroxyl groups is 1. The number of unbranched alkanes of at least 4 members (excludes halogenated alkanes) is 2. The molecular formula is C42H49N6O10S2+. The topological polar surface area (TPSA) is 229 Å². The third kappa shape index (κ3) is 10.9. The fourth-order valence-electron chi connectivity index (χ4n) is 7.20. The molecule has 0 bridgehead atoms. The van der Waals surface area contributed by atoms with Gasteiger partial charge in [-0.05, 0) is 85.5 Å². The van der Waals surface area contributed by atoms with Crippen molar-refractivity contribution in [3.63, 3.8) is 0 Å². The molecule has 60 heavy (non-hydrogen) atoms. The van der Waals surface area contributed by atoms with Crippen LogP contribution in [0.25, 0.3) is 10.8 Å². The van der Waals surface area contributed by atoms with Crippen LogP contribution in [0, 0.1) is 0 Å². The summed E-state index contributed by atoms with van der Waals surface area (Å²) in [7, 11) is -7.23. The van der Waals surface area contributed by atoms with E-state index in [4.69, 9.17) is 9.47 Å². The molecule has 0 spiro atoms. The van der Waals surface area contributed by atoms with Crippen molar-refractivity contribution in [3.8, 4) is 5.75 Å². The molecular weight excluding hydrogens is 813 g/mol. The van der Waals surface area contributed by atoms with Crippen LogP contribution in [0.15, 0.2) is 127 Å². The van der Waals surface area contributed by atoms with Gasteiger partial charge >= 0.3 is 0 Å². The highest BCUT2D eigenvalue weighted by atomic mass is 32.2. The van der Waals surface area contributed by atoms with E-state index in [2.05, 4.69) is 39.7 Å². The number of hydrogen-bond acceptors (Lipinski definition) is 13. The van der Waals surface area contributed by atoms with Gasteiger partial charge in [-0.2, -0.15) is 32.2 Å². The summed E-state index contributed by atoms with van der Waals surface area (Å²) in [4.78, 5) is -0.967. The van der Waals surface area contributed by atoms with Gasteiger partial charge < -0.3 is 29.5 Å². The highest BCUT2D eigenvalue weighted by Crippen LogP contribution is 2.44. The van der Waals surface area contributed by atoms with Gasteiger partial charge in [0, 0.05) is 28.8 Å². The summed E-state index contributed by atoms with van der Waals surface area (Å²) >= 11 is 0. The molecule has 1 aliphatic heterocycles. The Morgan fingerprint density at radius 1 is 0.867 bits per heavy atom. The lowest BCUT2D eigenvalue weighted by Gasteiger charge is -2.46. The second-order valence-corrected chi connectivity index (χ2v) is 17.7. The fraction of sp³-hybridized carbons (Fsp3) is 0.333. The number of morpholine rings is 1. The minimum Gasteiger partial charge on any atom is -0.505 e. The van der Waals surface area contributed by atoms with Gasteiger partial charge in [-0.15, -0.1) is 5.11 Å². The minimum absolute atomic E-state index is 0.0859. The largest absolute Gasteiger partial charge is 0.505 e. The number of benzene rings is 5. The fourth-order valence-corrected chi connectivity index (χ4v) is 8.34. The summed E-state index contributed by atoms with van der Waals surface area (Å²) in [6, 6.07) is 24.6. The molecule has 1 aliphatic rings. The summed E-state index contributed by atoms with van der Waals surface area (Å²) in [6.45, 7) is 6.93. The Hall–Kier alpha value is -5.18. The molecule has 0 radical (unpaired) electrons. The van der Waals surface area contributed by atoms with Crippen molar-refractivity contribution < 1.29 is 50.1 Å². The zero-order valence-corrected chi connectivity index (χ0v) is 35.1. The van der Waals surface area contributed by atoms with Crippen LogP contribution in [0.5, 0.6) is 5.75 Å². The average Bonchev–Trinajstić information content (AvgIpc) is 3.21. The smallest absolute Gasteiger partial charge is 0.296 e. The van der Waals surface area contributed by atoms with Crippen molar-refractivity contribution in [2.45, 2.75) is 61.3 Å². The van der Waals surface area contributed by atoms with Gasteiger partial charge in [0.25, 0.3) is 20.2 Å². The van der Waals surface area contributed by atoms with E-state index in [1.54, 1.807) is 48.5 Å². The van der Waals surface area contributed by atoms with Crippen LogP contribution < -0.4 is 5.32 Å². The molecule has 0 aliphatic carbocycles. The van der Waals surface area contributed by atoms with Crippen molar-refractivity contribution >= 4 is 59.4 Å². The van der Waals surface area contributed by atoms with Crippen molar-refractivity contribution in [1.29, 1.82) is 0 Å². The molecule has 6 rings (SSSR count). The Morgan fingerprint density at radius 2 is 1.58 bits per heavy atom. The maximum Gasteiger partial charge on any atom is 0.296 e. The molecule has 0 amide bonds. The second kappa shape index (κ2) is 19.0. The molecule has 4 unspecified atom stereocenters. The number of ether oxygens (including phenoxy) is 2. The number of phenols is 1. The number of anilines is 1. The lowest BCUT2D eigenvalue weighted by Crippen LogP contribution is -2.57. The average molecular weight is 862 g/mol. The monoisotopic (exact) mass is 861 g/mol. The number of azo groups is 2. The van der Waals surface area contributed by atoms with Gasteiger partial charge in [-0.3, -0.25) is 9.11 Å². The van der Waals surface area contributed by atoms with E-state index >= 15 is 0 Å². The highest BCUT2D eigenvalue weighted by Gasteiger charge is 2.40. The third-order valence-electron chi connectivity index (χ3n) is 10.4. The molecule has 5 aromatic rings. The van der Waals surface area contributed by atoms with Crippen LogP contribution in [0.4, 0.5) is 28.4 Å². The molecule has 1 fully saturated rings. The number of aromatic hydroxyl groups is 1. The van der Waals surface area contributed by atoms with Gasteiger partial charge in [0.05, 0.1) is 35.6 Å². The normalized spacial score (nSPS) is 18.6. The lowest BCUT2D eigenvalue weighted by molar-refractivity contribution is -0.949. The molecule has 0 saturated carbocycles. The first-order chi connectivity index (χ1) is 28.6. The van der Waals surface area contributed by atoms with Crippen molar-refractivity contribution in [1.82, 2.24) is 0 Å². The number of phenolic OH excluding ortho intramolecular Hbond substituents is 1. The number of rotatable bonds is 17. The van der Waals surface area contributed by atoms with Gasteiger partial charge in [-0.1, -0.05) is 50.1 Å². The maximum absolute atomic E-state index is 12.7. The zero-order valence-electron chi connectivity index (χ0n) is 33.4. The summed E-state index contributed by atoms with van der Waals surface area (Å²) in [6.07, 6.45) is 1.96. The third-order valence-corrected chi connectivity index (χ3v) is 12.1. The number of likely N-dealkylation sites (N-methyl/N-ethyl adjacent to an activating group) is 1. The van der Waals surface area contributed by atoms with Gasteiger partial charge in [0.1, 0.15) is 42.4 Å². The van der Waals surface area contributed by atoms with E-state index in [-0.39, 0.29) is 33.5 Å². The Balaban J connectivity index is 1.37. The van der Waals surface area contributed by atoms with Crippen molar-refractivity contribution in [2.24, 2.45) is 20.5 Å². The SMILES string of the molecule is CCCCCOC(C)C[N+]1(C)CCOCC1c1cc(N=Nc2c(S(=O)(=O)O)cc3cc(NC(O)c4ccccc4)ccc3c2O)ccc1N=Nc1ccc(S(=O)(=O)O)cc1. The molecule has 18 heteroatoms.